The van der Waals surface area contributed by atoms with Crippen LogP contribution in [0.1, 0.15) is 93.2 Å². The van der Waals surface area contributed by atoms with Gasteiger partial charge in [0.1, 0.15) is 23.5 Å². The van der Waals surface area contributed by atoms with E-state index in [0.29, 0.717) is 18.0 Å². The van der Waals surface area contributed by atoms with E-state index in [1.54, 1.807) is 7.11 Å². The number of anilines is 1. The summed E-state index contributed by atoms with van der Waals surface area (Å²) in [6.07, 6.45) is 3.72. The van der Waals surface area contributed by atoms with Gasteiger partial charge in [0.05, 0.1) is 14.2 Å². The van der Waals surface area contributed by atoms with Crippen LogP contribution < -0.4 is 9.64 Å². The molecule has 0 bridgehead atoms. The highest BCUT2D eigenvalue weighted by Gasteiger charge is 2.54. The van der Waals surface area contributed by atoms with Crippen LogP contribution in [-0.4, -0.2) is 37.2 Å². The minimum Gasteiger partial charge on any atom is -0.496 e. The number of benzene rings is 1. The summed E-state index contributed by atoms with van der Waals surface area (Å²) in [5.41, 5.74) is 4.08. The molecule has 1 radical (unpaired) electrons. The van der Waals surface area contributed by atoms with Crippen LogP contribution in [-0.2, 0) is 5.41 Å². The molecule has 0 amide bonds. The molecule has 0 fully saturated rings. The summed E-state index contributed by atoms with van der Waals surface area (Å²) >= 11 is 0. The van der Waals surface area contributed by atoms with Gasteiger partial charge >= 0.3 is 6.34 Å². The van der Waals surface area contributed by atoms with Crippen LogP contribution in [0.15, 0.2) is 12.1 Å². The molecule has 3 heteroatoms. The quantitative estimate of drug-likeness (QED) is 0.552. The predicted molar refractivity (Wildman–Crippen MR) is 126 cm³/mol. The summed E-state index contributed by atoms with van der Waals surface area (Å²) in [6.45, 7) is 25.4. The Kier molecular flexibility index (Phi) is 6.25. The highest BCUT2D eigenvalue weighted by molar-refractivity contribution is 5.82. The smallest absolute Gasteiger partial charge is 0.369 e. The van der Waals surface area contributed by atoms with Crippen molar-refractivity contribution < 1.29 is 9.31 Å². The molecule has 2 rings (SSSR count). The van der Waals surface area contributed by atoms with Crippen molar-refractivity contribution in [2.45, 2.75) is 99.6 Å². The molecule has 1 aromatic carbocycles. The van der Waals surface area contributed by atoms with Crippen LogP contribution in [0.3, 0.4) is 0 Å². The Hall–Kier alpha value is -1.51. The number of likely N-dealkylation sites (N-methyl/N-ethyl adjacent to an activating group) is 1. The first-order valence-corrected chi connectivity index (χ1v) is 11.0. The third-order valence-electron chi connectivity index (χ3n) is 6.07. The standard InChI is InChI=1S/C26H44N2O/c1-17(2)18-14-21(29-13)19(24(3,4)5)15-20(18)28-16-27(12)22(25(6,7)8)23(28)26(9,10)11/h14-15,17,22-23H,1-13H3/q+1/t22-,23-/m0/s1. The Bertz CT molecular complexity index is 770. The predicted octanol–water partition coefficient (Wildman–Crippen LogP) is 6.31. The maximum atomic E-state index is 5.82. The molecule has 0 aromatic heterocycles. The summed E-state index contributed by atoms with van der Waals surface area (Å²) in [5.74, 6) is 1.38. The Labute approximate surface area is 180 Å². The van der Waals surface area contributed by atoms with Crippen molar-refractivity contribution in [1.29, 1.82) is 0 Å². The van der Waals surface area contributed by atoms with Gasteiger partial charge in [0.15, 0.2) is 0 Å². The van der Waals surface area contributed by atoms with Crippen molar-refractivity contribution in [2.75, 3.05) is 19.1 Å². The molecule has 3 nitrogen and oxygen atoms in total. The molecule has 1 aliphatic heterocycles. The number of ether oxygens (including phenoxy) is 1. The second-order valence-electron chi connectivity index (χ2n) is 12.2. The molecule has 0 unspecified atom stereocenters. The van der Waals surface area contributed by atoms with E-state index in [0.717, 1.165) is 5.75 Å². The normalized spacial score (nSPS) is 21.0. The van der Waals surface area contributed by atoms with Crippen molar-refractivity contribution in [1.82, 2.24) is 0 Å². The molecule has 163 valence electrons. The van der Waals surface area contributed by atoms with Crippen molar-refractivity contribution in [3.63, 3.8) is 0 Å². The summed E-state index contributed by atoms with van der Waals surface area (Å²) < 4.78 is 8.13. The van der Waals surface area contributed by atoms with Gasteiger partial charge in [-0.15, -0.1) is 0 Å². The Balaban J connectivity index is 2.80. The van der Waals surface area contributed by atoms with E-state index in [4.69, 9.17) is 4.74 Å². The zero-order valence-corrected chi connectivity index (χ0v) is 21.2. The molecule has 29 heavy (non-hydrogen) atoms. The summed E-state index contributed by atoms with van der Waals surface area (Å²) in [7, 11) is 3.96. The Morgan fingerprint density at radius 1 is 0.966 bits per heavy atom. The van der Waals surface area contributed by atoms with Crippen LogP contribution >= 0.6 is 0 Å². The summed E-state index contributed by atoms with van der Waals surface area (Å²) in [6, 6.07) is 5.32. The van der Waals surface area contributed by atoms with Crippen LogP contribution in [0.25, 0.3) is 0 Å². The van der Waals surface area contributed by atoms with Gasteiger partial charge in [-0.1, -0.05) is 76.2 Å². The fraction of sp³-hybridized carbons (Fsp3) is 0.731. The monoisotopic (exact) mass is 400 g/mol. The van der Waals surface area contributed by atoms with Gasteiger partial charge < -0.3 is 4.74 Å². The largest absolute Gasteiger partial charge is 0.496 e. The van der Waals surface area contributed by atoms with Crippen molar-refractivity contribution >= 4 is 12.0 Å². The van der Waals surface area contributed by atoms with Gasteiger partial charge in [-0.3, -0.25) is 0 Å². The molecule has 0 saturated heterocycles. The van der Waals surface area contributed by atoms with Crippen LogP contribution in [0.4, 0.5) is 5.69 Å². The number of rotatable bonds is 3. The molecule has 0 spiro atoms. The van der Waals surface area contributed by atoms with E-state index in [2.05, 4.69) is 111 Å². The topological polar surface area (TPSA) is 15.5 Å². The molecule has 1 aromatic rings. The first kappa shape index (κ1) is 23.8. The Morgan fingerprint density at radius 3 is 1.90 bits per heavy atom. The summed E-state index contributed by atoms with van der Waals surface area (Å²) in [4.78, 5) is 2.43. The number of methoxy groups -OCH3 is 1. The molecular formula is C26H44N2O+. The lowest BCUT2D eigenvalue weighted by Gasteiger charge is -2.39. The highest BCUT2D eigenvalue weighted by atomic mass is 16.5. The first-order valence-electron chi connectivity index (χ1n) is 11.0. The minimum atomic E-state index is 0.00187. The van der Waals surface area contributed by atoms with Crippen LogP contribution in [0, 0.1) is 10.8 Å². The molecule has 1 heterocycles. The first-order chi connectivity index (χ1) is 13.0. The minimum absolute atomic E-state index is 0.00187. The maximum absolute atomic E-state index is 5.82. The lowest BCUT2D eigenvalue weighted by Crippen LogP contribution is -2.52. The second kappa shape index (κ2) is 7.63. The average Bonchev–Trinajstić information content (AvgIpc) is 2.90. The van der Waals surface area contributed by atoms with Gasteiger partial charge in [-0.05, 0) is 23.5 Å². The summed E-state index contributed by atoms with van der Waals surface area (Å²) in [5, 5.41) is 0. The van der Waals surface area contributed by atoms with Crippen molar-refractivity contribution in [3.8, 4) is 5.75 Å². The Morgan fingerprint density at radius 2 is 1.52 bits per heavy atom. The van der Waals surface area contributed by atoms with E-state index >= 15 is 0 Å². The van der Waals surface area contributed by atoms with Gasteiger partial charge in [0, 0.05) is 22.0 Å². The van der Waals surface area contributed by atoms with E-state index in [-0.39, 0.29) is 16.2 Å². The van der Waals surface area contributed by atoms with Gasteiger partial charge in [0.25, 0.3) is 0 Å². The molecular weight excluding hydrogens is 356 g/mol. The van der Waals surface area contributed by atoms with E-state index in [9.17, 15) is 0 Å². The average molecular weight is 401 g/mol. The van der Waals surface area contributed by atoms with Crippen molar-refractivity contribution in [2.24, 2.45) is 10.8 Å². The molecule has 0 aliphatic carbocycles. The zero-order valence-electron chi connectivity index (χ0n) is 21.2. The number of hydrogen-bond acceptors (Lipinski definition) is 2. The number of hydrogen-bond donors (Lipinski definition) is 0. The zero-order chi connectivity index (χ0) is 22.5. The third-order valence-corrected chi connectivity index (χ3v) is 6.07. The molecule has 2 atom stereocenters. The van der Waals surface area contributed by atoms with E-state index in [1.165, 1.54) is 16.8 Å². The lowest BCUT2D eigenvalue weighted by atomic mass is 9.72. The third kappa shape index (κ3) is 4.64. The van der Waals surface area contributed by atoms with Gasteiger partial charge in [-0.25, -0.2) is 9.48 Å². The van der Waals surface area contributed by atoms with E-state index in [1.807, 2.05) is 0 Å². The maximum Gasteiger partial charge on any atom is 0.369 e. The number of nitrogens with zero attached hydrogens (tertiary/aromatic N) is 2. The highest BCUT2D eigenvalue weighted by Crippen LogP contribution is 2.45. The van der Waals surface area contributed by atoms with Gasteiger partial charge in [-0.2, -0.15) is 0 Å². The SMILES string of the molecule is COc1cc(C(C)C)c(N2[C]=[N+](C)[C@H](C(C)(C)C)[C@H]2C(C)(C)C)cc1C(C)(C)C. The van der Waals surface area contributed by atoms with Gasteiger partial charge in [0.2, 0.25) is 0 Å². The van der Waals surface area contributed by atoms with Crippen molar-refractivity contribution in [3.05, 3.63) is 23.3 Å². The van der Waals surface area contributed by atoms with E-state index < -0.39 is 0 Å². The fourth-order valence-electron chi connectivity index (χ4n) is 4.78. The van der Waals surface area contributed by atoms with Crippen LogP contribution in [0.2, 0.25) is 0 Å². The molecule has 0 saturated carbocycles. The fourth-order valence-corrected chi connectivity index (χ4v) is 4.78. The lowest BCUT2D eigenvalue weighted by molar-refractivity contribution is -0.546. The molecule has 1 aliphatic rings. The van der Waals surface area contributed by atoms with Crippen LogP contribution in [0.5, 0.6) is 5.75 Å². The second-order valence-corrected chi connectivity index (χ2v) is 12.2. The molecule has 0 N–H and O–H groups in total.